The highest BCUT2D eigenvalue weighted by molar-refractivity contribution is 6.31. The quantitative estimate of drug-likeness (QED) is 0.821. The number of aromatic amines is 1. The van der Waals surface area contributed by atoms with E-state index in [0.717, 1.165) is 22.0 Å². The number of hydrogen-bond acceptors (Lipinski definition) is 2. The van der Waals surface area contributed by atoms with E-state index in [9.17, 15) is 0 Å². The number of imidazole rings is 1. The molecule has 0 aliphatic heterocycles. The molecule has 2 rings (SSSR count). The van der Waals surface area contributed by atoms with Gasteiger partial charge in [0.15, 0.2) is 0 Å². The summed E-state index contributed by atoms with van der Waals surface area (Å²) < 4.78 is 0. The second-order valence-electron chi connectivity index (χ2n) is 3.38. The van der Waals surface area contributed by atoms with Crippen LogP contribution in [0.25, 0.3) is 11.4 Å². The van der Waals surface area contributed by atoms with E-state index >= 15 is 0 Å². The maximum absolute atomic E-state index is 8.90. The molecule has 3 nitrogen and oxygen atoms in total. The van der Waals surface area contributed by atoms with Gasteiger partial charge in [-0.25, -0.2) is 4.98 Å². The van der Waals surface area contributed by atoms with Crippen molar-refractivity contribution in [1.82, 2.24) is 9.97 Å². The highest BCUT2D eigenvalue weighted by atomic mass is 35.5. The summed E-state index contributed by atoms with van der Waals surface area (Å²) in [6, 6.07) is 5.70. The van der Waals surface area contributed by atoms with Crippen molar-refractivity contribution >= 4 is 11.6 Å². The molecule has 0 saturated carbocycles. The topological polar surface area (TPSA) is 48.9 Å². The van der Waals surface area contributed by atoms with Crippen molar-refractivity contribution in [3.63, 3.8) is 0 Å². The molecule has 0 unspecified atom stereocenters. The molecule has 0 aliphatic carbocycles. The van der Waals surface area contributed by atoms with Gasteiger partial charge in [-0.05, 0) is 30.7 Å². The lowest BCUT2D eigenvalue weighted by Crippen LogP contribution is -1.84. The van der Waals surface area contributed by atoms with Gasteiger partial charge in [-0.2, -0.15) is 0 Å². The van der Waals surface area contributed by atoms with Crippen LogP contribution in [0.5, 0.6) is 0 Å². The number of rotatable bonds is 2. The highest BCUT2D eigenvalue weighted by Gasteiger charge is 2.04. The minimum atomic E-state index is -0.0282. The van der Waals surface area contributed by atoms with Crippen molar-refractivity contribution in [2.75, 3.05) is 0 Å². The molecule has 78 valence electrons. The van der Waals surface area contributed by atoms with Gasteiger partial charge in [-0.3, -0.25) is 0 Å². The fraction of sp³-hybridized carbons (Fsp3) is 0.182. The van der Waals surface area contributed by atoms with Crippen LogP contribution in [0, 0.1) is 6.92 Å². The van der Waals surface area contributed by atoms with E-state index in [1.807, 2.05) is 25.1 Å². The lowest BCUT2D eigenvalue weighted by atomic mass is 10.1. The monoisotopic (exact) mass is 222 g/mol. The Balaban J connectivity index is 2.40. The summed E-state index contributed by atoms with van der Waals surface area (Å²) in [5, 5.41) is 9.65. The second kappa shape index (κ2) is 4.04. The zero-order valence-electron chi connectivity index (χ0n) is 8.29. The van der Waals surface area contributed by atoms with Crippen LogP contribution in [-0.4, -0.2) is 15.1 Å². The summed E-state index contributed by atoms with van der Waals surface area (Å²) >= 11 is 5.93. The molecule has 0 atom stereocenters. The Hall–Kier alpha value is -1.32. The van der Waals surface area contributed by atoms with Gasteiger partial charge < -0.3 is 10.1 Å². The molecular weight excluding hydrogens is 212 g/mol. The molecule has 0 fully saturated rings. The standard InChI is InChI=1S/C11H11ClN2O/c1-7-4-8(2-3-10(7)12)11-13-5-9(6-15)14-11/h2-5,15H,6H2,1H3,(H,13,14). The normalized spacial score (nSPS) is 10.6. The van der Waals surface area contributed by atoms with Crippen LogP contribution in [0.15, 0.2) is 24.4 Å². The molecular formula is C11H11ClN2O. The predicted molar refractivity (Wildman–Crippen MR) is 59.7 cm³/mol. The van der Waals surface area contributed by atoms with Crippen molar-refractivity contribution in [2.24, 2.45) is 0 Å². The summed E-state index contributed by atoms with van der Waals surface area (Å²) in [6.07, 6.45) is 1.62. The van der Waals surface area contributed by atoms with Crippen LogP contribution in [0.4, 0.5) is 0 Å². The van der Waals surface area contributed by atoms with Crippen LogP contribution in [0.1, 0.15) is 11.3 Å². The first-order valence-electron chi connectivity index (χ1n) is 4.62. The van der Waals surface area contributed by atoms with E-state index in [4.69, 9.17) is 16.7 Å². The van der Waals surface area contributed by atoms with E-state index in [-0.39, 0.29) is 6.61 Å². The van der Waals surface area contributed by atoms with Gasteiger partial charge in [-0.1, -0.05) is 11.6 Å². The molecule has 0 amide bonds. The number of hydrogen-bond donors (Lipinski definition) is 2. The third-order valence-electron chi connectivity index (χ3n) is 2.23. The Kier molecular flexibility index (Phi) is 2.75. The van der Waals surface area contributed by atoms with Gasteiger partial charge in [-0.15, -0.1) is 0 Å². The third kappa shape index (κ3) is 2.03. The van der Waals surface area contributed by atoms with E-state index in [1.54, 1.807) is 6.20 Å². The van der Waals surface area contributed by atoms with Gasteiger partial charge in [0.1, 0.15) is 5.82 Å². The summed E-state index contributed by atoms with van der Waals surface area (Å²) in [4.78, 5) is 7.19. The molecule has 2 aromatic rings. The number of nitrogens with zero attached hydrogens (tertiary/aromatic N) is 1. The number of aliphatic hydroxyl groups is 1. The Morgan fingerprint density at radius 3 is 2.87 bits per heavy atom. The zero-order valence-corrected chi connectivity index (χ0v) is 9.04. The summed E-state index contributed by atoms with van der Waals surface area (Å²) in [5.41, 5.74) is 2.69. The van der Waals surface area contributed by atoms with Gasteiger partial charge >= 0.3 is 0 Å². The van der Waals surface area contributed by atoms with Crippen molar-refractivity contribution in [1.29, 1.82) is 0 Å². The smallest absolute Gasteiger partial charge is 0.137 e. The van der Waals surface area contributed by atoms with E-state index in [0.29, 0.717) is 5.69 Å². The van der Waals surface area contributed by atoms with E-state index < -0.39 is 0 Å². The lowest BCUT2D eigenvalue weighted by Gasteiger charge is -2.00. The summed E-state index contributed by atoms with van der Waals surface area (Å²) in [7, 11) is 0. The van der Waals surface area contributed by atoms with Crippen molar-refractivity contribution in [3.8, 4) is 11.4 Å². The first-order valence-corrected chi connectivity index (χ1v) is 5.00. The molecule has 0 spiro atoms. The van der Waals surface area contributed by atoms with Gasteiger partial charge in [0, 0.05) is 10.6 Å². The number of nitrogens with one attached hydrogen (secondary N) is 1. The Morgan fingerprint density at radius 2 is 2.27 bits per heavy atom. The molecule has 0 bridgehead atoms. The predicted octanol–water partition coefficient (Wildman–Crippen LogP) is 2.53. The molecule has 0 radical (unpaired) electrons. The zero-order chi connectivity index (χ0) is 10.8. The molecule has 2 N–H and O–H groups in total. The summed E-state index contributed by atoms with van der Waals surface area (Å²) in [5.74, 6) is 0.749. The van der Waals surface area contributed by atoms with E-state index in [1.165, 1.54) is 0 Å². The fourth-order valence-corrected chi connectivity index (χ4v) is 1.50. The van der Waals surface area contributed by atoms with Crippen molar-refractivity contribution < 1.29 is 5.11 Å². The largest absolute Gasteiger partial charge is 0.390 e. The van der Waals surface area contributed by atoms with Gasteiger partial charge in [0.2, 0.25) is 0 Å². The molecule has 1 heterocycles. The summed E-state index contributed by atoms with van der Waals surface area (Å²) in [6.45, 7) is 1.92. The van der Waals surface area contributed by atoms with Crippen LogP contribution in [0.2, 0.25) is 5.02 Å². The van der Waals surface area contributed by atoms with Gasteiger partial charge in [0.25, 0.3) is 0 Å². The van der Waals surface area contributed by atoms with Crippen LogP contribution >= 0.6 is 11.6 Å². The SMILES string of the molecule is Cc1cc(-c2ncc(CO)[nH]2)ccc1Cl. The second-order valence-corrected chi connectivity index (χ2v) is 3.79. The number of aromatic nitrogens is 2. The average Bonchev–Trinajstić information content (AvgIpc) is 2.70. The van der Waals surface area contributed by atoms with Crippen LogP contribution < -0.4 is 0 Å². The molecule has 15 heavy (non-hydrogen) atoms. The number of benzene rings is 1. The minimum Gasteiger partial charge on any atom is -0.390 e. The van der Waals surface area contributed by atoms with Crippen molar-refractivity contribution in [3.05, 3.63) is 40.7 Å². The molecule has 1 aromatic carbocycles. The molecule has 0 aliphatic rings. The maximum Gasteiger partial charge on any atom is 0.137 e. The number of aliphatic hydroxyl groups excluding tert-OH is 1. The number of H-pyrrole nitrogens is 1. The lowest BCUT2D eigenvalue weighted by molar-refractivity contribution is 0.277. The van der Waals surface area contributed by atoms with Crippen molar-refractivity contribution in [2.45, 2.75) is 13.5 Å². The first-order chi connectivity index (χ1) is 7.20. The molecule has 0 saturated heterocycles. The highest BCUT2D eigenvalue weighted by Crippen LogP contribution is 2.22. The van der Waals surface area contributed by atoms with Gasteiger partial charge in [0.05, 0.1) is 18.5 Å². The maximum atomic E-state index is 8.90. The van der Waals surface area contributed by atoms with Crippen LogP contribution in [-0.2, 0) is 6.61 Å². The fourth-order valence-electron chi connectivity index (χ4n) is 1.38. The number of aryl methyl sites for hydroxylation is 1. The molecule has 4 heteroatoms. The number of halogens is 1. The Labute approximate surface area is 92.7 Å². The van der Waals surface area contributed by atoms with Crippen LogP contribution in [0.3, 0.4) is 0 Å². The minimum absolute atomic E-state index is 0.0282. The third-order valence-corrected chi connectivity index (χ3v) is 2.65. The average molecular weight is 223 g/mol. The Morgan fingerprint density at radius 1 is 1.47 bits per heavy atom. The molecule has 1 aromatic heterocycles. The Bertz CT molecular complexity index is 479. The van der Waals surface area contributed by atoms with E-state index in [2.05, 4.69) is 9.97 Å². The first kappa shape index (κ1) is 10.2.